The van der Waals surface area contributed by atoms with Crippen molar-refractivity contribution in [1.29, 1.82) is 0 Å². The van der Waals surface area contributed by atoms with E-state index in [2.05, 4.69) is 27.8 Å². The van der Waals surface area contributed by atoms with Gasteiger partial charge in [0.1, 0.15) is 23.6 Å². The van der Waals surface area contributed by atoms with Gasteiger partial charge in [0.2, 0.25) is 11.8 Å². The van der Waals surface area contributed by atoms with E-state index in [1.165, 1.54) is 11.8 Å². The summed E-state index contributed by atoms with van der Waals surface area (Å²) in [4.78, 5) is 27.6. The number of nitrogens with zero attached hydrogens (tertiary/aromatic N) is 1. The third-order valence-electron chi connectivity index (χ3n) is 5.60. The smallest absolute Gasteiger partial charge is 0.405 e. The van der Waals surface area contributed by atoms with E-state index in [4.69, 9.17) is 14.6 Å². The molecule has 2 amide bonds. The van der Waals surface area contributed by atoms with Gasteiger partial charge in [-0.2, -0.15) is 0 Å². The van der Waals surface area contributed by atoms with Crippen molar-refractivity contribution < 1.29 is 24.2 Å². The van der Waals surface area contributed by atoms with Crippen molar-refractivity contribution in [2.45, 2.75) is 38.8 Å². The van der Waals surface area contributed by atoms with Crippen LogP contribution >= 0.6 is 0 Å². The Labute approximate surface area is 197 Å². The van der Waals surface area contributed by atoms with Crippen LogP contribution in [0.25, 0.3) is 0 Å². The lowest BCUT2D eigenvalue weighted by Crippen LogP contribution is -2.46. The molecule has 8 heteroatoms. The normalized spacial score (nSPS) is 15.6. The molecule has 3 aromatic rings. The van der Waals surface area contributed by atoms with E-state index < -0.39 is 18.0 Å². The van der Waals surface area contributed by atoms with Gasteiger partial charge in [0, 0.05) is 6.07 Å². The molecule has 0 bridgehead atoms. The van der Waals surface area contributed by atoms with Gasteiger partial charge >= 0.3 is 6.09 Å². The molecular weight excluding hydrogens is 434 g/mol. The quantitative estimate of drug-likeness (QED) is 0.448. The first kappa shape index (κ1) is 23.1. The number of aryl methyl sites for hydroxylation is 1. The Morgan fingerprint density at radius 2 is 1.91 bits per heavy atom. The van der Waals surface area contributed by atoms with Crippen LogP contribution in [0.15, 0.2) is 66.9 Å². The summed E-state index contributed by atoms with van der Waals surface area (Å²) in [7, 11) is 0. The summed E-state index contributed by atoms with van der Waals surface area (Å²) < 4.78 is 12.1. The maximum atomic E-state index is 12.4. The zero-order valence-electron chi connectivity index (χ0n) is 19.0. The molecule has 34 heavy (non-hydrogen) atoms. The molecule has 8 nitrogen and oxygen atoms in total. The van der Waals surface area contributed by atoms with E-state index in [-0.39, 0.29) is 12.0 Å². The summed E-state index contributed by atoms with van der Waals surface area (Å²) in [6.45, 7) is 3.53. The summed E-state index contributed by atoms with van der Waals surface area (Å²) in [5, 5.41) is 13.8. The van der Waals surface area contributed by atoms with Crippen LogP contribution in [0.5, 0.6) is 17.4 Å². The Morgan fingerprint density at radius 1 is 1.12 bits per heavy atom. The van der Waals surface area contributed by atoms with Crippen molar-refractivity contribution in [2.24, 2.45) is 5.92 Å². The number of carboxylic acid groups (broad SMARTS) is 1. The third-order valence-corrected chi connectivity index (χ3v) is 5.60. The number of anilines is 1. The molecule has 176 valence electrons. The number of hydrogen-bond donors (Lipinski definition) is 3. The van der Waals surface area contributed by atoms with Gasteiger partial charge in [-0.15, -0.1) is 0 Å². The second kappa shape index (κ2) is 10.2. The summed E-state index contributed by atoms with van der Waals surface area (Å²) in [5.41, 5.74) is 2.70. The molecule has 0 aliphatic carbocycles. The van der Waals surface area contributed by atoms with E-state index in [1.54, 1.807) is 26.0 Å². The minimum Gasteiger partial charge on any atom is -0.485 e. The van der Waals surface area contributed by atoms with Crippen molar-refractivity contribution in [2.75, 3.05) is 5.32 Å². The van der Waals surface area contributed by atoms with Gasteiger partial charge in [-0.3, -0.25) is 4.79 Å². The van der Waals surface area contributed by atoms with E-state index in [0.29, 0.717) is 17.3 Å². The van der Waals surface area contributed by atoms with Crippen LogP contribution in [0.4, 0.5) is 10.5 Å². The highest BCUT2D eigenvalue weighted by molar-refractivity contribution is 5.96. The van der Waals surface area contributed by atoms with E-state index >= 15 is 0 Å². The first-order valence-corrected chi connectivity index (χ1v) is 11.2. The second-order valence-corrected chi connectivity index (χ2v) is 8.47. The number of benzene rings is 2. The Hall–Kier alpha value is -4.07. The van der Waals surface area contributed by atoms with Crippen molar-refractivity contribution in [3.8, 4) is 17.4 Å². The molecular formula is C26H27N3O5. The molecule has 1 aliphatic rings. The topological polar surface area (TPSA) is 110 Å². The molecule has 2 atom stereocenters. The summed E-state index contributed by atoms with van der Waals surface area (Å²) in [6.07, 6.45) is 2.04. The Balaban J connectivity index is 1.37. The minimum absolute atomic E-state index is 0.0471. The fourth-order valence-electron chi connectivity index (χ4n) is 3.85. The molecule has 2 unspecified atom stereocenters. The summed E-state index contributed by atoms with van der Waals surface area (Å²) >= 11 is 0. The number of carbonyl (C=O) groups excluding carboxylic acids is 1. The van der Waals surface area contributed by atoms with Crippen LogP contribution in [-0.2, 0) is 11.2 Å². The highest BCUT2D eigenvalue weighted by atomic mass is 16.5. The van der Waals surface area contributed by atoms with Gasteiger partial charge in [0.05, 0.1) is 11.9 Å². The first-order valence-electron chi connectivity index (χ1n) is 11.2. The monoisotopic (exact) mass is 461 g/mol. The molecule has 0 spiro atoms. The number of amides is 2. The highest BCUT2D eigenvalue weighted by Crippen LogP contribution is 2.37. The molecule has 3 N–H and O–H groups in total. The number of carbonyl (C=O) groups is 2. The largest absolute Gasteiger partial charge is 0.485 e. The Morgan fingerprint density at radius 3 is 2.59 bits per heavy atom. The molecule has 4 rings (SSSR count). The maximum absolute atomic E-state index is 12.4. The van der Waals surface area contributed by atoms with E-state index in [1.807, 2.05) is 36.4 Å². The number of hydrogen-bond acceptors (Lipinski definition) is 5. The molecule has 2 aromatic carbocycles. The molecule has 1 aliphatic heterocycles. The van der Waals surface area contributed by atoms with Gasteiger partial charge in [0.25, 0.3) is 0 Å². The second-order valence-electron chi connectivity index (χ2n) is 8.47. The summed E-state index contributed by atoms with van der Waals surface area (Å²) in [5.74, 6) is 1.23. The number of ether oxygens (including phenoxy) is 2. The fourth-order valence-corrected chi connectivity index (χ4v) is 3.85. The van der Waals surface area contributed by atoms with Crippen LogP contribution in [0.1, 0.15) is 37.5 Å². The van der Waals surface area contributed by atoms with Crippen LogP contribution in [-0.4, -0.2) is 28.1 Å². The lowest BCUT2D eigenvalue weighted by molar-refractivity contribution is -0.119. The lowest BCUT2D eigenvalue weighted by atomic mass is 9.97. The zero-order chi connectivity index (χ0) is 24.1. The zero-order valence-corrected chi connectivity index (χ0v) is 19.0. The summed E-state index contributed by atoms with van der Waals surface area (Å²) in [6, 6.07) is 18.3. The average Bonchev–Trinajstić information content (AvgIpc) is 2.83. The fraction of sp³-hybridized carbons (Fsp3) is 0.269. The number of fused-ring (bicyclic) bond motifs is 1. The van der Waals surface area contributed by atoms with Crippen molar-refractivity contribution >= 4 is 17.7 Å². The molecule has 0 fully saturated rings. The Kier molecular flexibility index (Phi) is 6.96. The molecule has 0 saturated heterocycles. The van der Waals surface area contributed by atoms with Gasteiger partial charge < -0.3 is 25.2 Å². The van der Waals surface area contributed by atoms with Gasteiger partial charge in [0.15, 0.2) is 0 Å². The number of pyridine rings is 1. The van der Waals surface area contributed by atoms with Gasteiger partial charge in [-0.1, -0.05) is 44.2 Å². The Bertz CT molecular complexity index is 1150. The van der Waals surface area contributed by atoms with E-state index in [9.17, 15) is 9.59 Å². The van der Waals surface area contributed by atoms with E-state index in [0.717, 1.165) is 24.2 Å². The van der Waals surface area contributed by atoms with Crippen molar-refractivity contribution in [3.63, 3.8) is 0 Å². The minimum atomic E-state index is -1.25. The number of aromatic nitrogens is 1. The van der Waals surface area contributed by atoms with Gasteiger partial charge in [-0.05, 0) is 54.2 Å². The van der Waals surface area contributed by atoms with Crippen LogP contribution in [0.2, 0.25) is 0 Å². The molecule has 1 aromatic heterocycles. The molecule has 0 radical (unpaired) electrons. The predicted octanol–water partition coefficient (Wildman–Crippen LogP) is 5.17. The average molecular weight is 462 g/mol. The predicted molar refractivity (Wildman–Crippen MR) is 127 cm³/mol. The van der Waals surface area contributed by atoms with Crippen LogP contribution in [0, 0.1) is 5.92 Å². The maximum Gasteiger partial charge on any atom is 0.405 e. The van der Waals surface area contributed by atoms with Crippen LogP contribution < -0.4 is 20.1 Å². The molecule has 0 saturated carbocycles. The highest BCUT2D eigenvalue weighted by Gasteiger charge is 2.24. The SMILES string of the molecule is CC(C)C(NC(=O)O)C(=O)Nc1ccc(Oc2ccc3c(c2)CCC(c2ccccc2)O3)nc1. The third kappa shape index (κ3) is 5.64. The van der Waals surface area contributed by atoms with Crippen molar-refractivity contribution in [3.05, 3.63) is 78.0 Å². The van der Waals surface area contributed by atoms with Crippen molar-refractivity contribution in [1.82, 2.24) is 10.3 Å². The lowest BCUT2D eigenvalue weighted by Gasteiger charge is -2.26. The standard InChI is InChI=1S/C26H27N3O5/c1-16(2)24(29-26(31)32)25(30)28-19-9-13-23(27-15-19)33-20-10-12-22-18(14-20)8-11-21(34-22)17-6-4-3-5-7-17/h3-7,9-10,12-16,21,24,29H,8,11H2,1-2H3,(H,28,30)(H,31,32). The van der Waals surface area contributed by atoms with Crippen LogP contribution in [0.3, 0.4) is 0 Å². The first-order chi connectivity index (χ1) is 16.4. The van der Waals surface area contributed by atoms with Gasteiger partial charge in [-0.25, -0.2) is 9.78 Å². The number of rotatable bonds is 7. The molecule has 2 heterocycles. The number of nitrogens with one attached hydrogen (secondary N) is 2.